The minimum atomic E-state index is -0.372. The molecule has 0 aromatic heterocycles. The molecule has 1 atom stereocenters. The third kappa shape index (κ3) is 5.46. The third-order valence-corrected chi connectivity index (χ3v) is 5.08. The van der Waals surface area contributed by atoms with Gasteiger partial charge in [0.25, 0.3) is 0 Å². The number of carbonyl (C=O) groups excluding carboxylic acids is 2. The molecule has 0 aliphatic rings. The molecule has 0 heterocycles. The van der Waals surface area contributed by atoms with Crippen LogP contribution in [0.3, 0.4) is 0 Å². The largest absolute Gasteiger partial charge is 0.326 e. The van der Waals surface area contributed by atoms with Crippen LogP contribution < -0.4 is 10.6 Å². The number of carbonyl (C=O) groups is 2. The lowest BCUT2D eigenvalue weighted by Gasteiger charge is -2.17. The zero-order valence-corrected chi connectivity index (χ0v) is 15.7. The van der Waals surface area contributed by atoms with E-state index < -0.39 is 0 Å². The first-order valence-electron chi connectivity index (χ1n) is 8.57. The monoisotopic (exact) mass is 376 g/mol. The lowest BCUT2D eigenvalue weighted by atomic mass is 10.1. The minimum Gasteiger partial charge on any atom is -0.326 e. The van der Waals surface area contributed by atoms with Crippen LogP contribution in [0.4, 0.5) is 11.4 Å². The van der Waals surface area contributed by atoms with Gasteiger partial charge in [-0.2, -0.15) is 0 Å². The highest BCUT2D eigenvalue weighted by molar-refractivity contribution is 8.00. The molecule has 0 aliphatic heterocycles. The summed E-state index contributed by atoms with van der Waals surface area (Å²) in [5, 5.41) is 5.31. The first-order valence-corrected chi connectivity index (χ1v) is 9.45. The van der Waals surface area contributed by atoms with Crippen LogP contribution in [-0.4, -0.2) is 11.8 Å². The summed E-state index contributed by atoms with van der Waals surface area (Å²) in [5.74, 6) is -0.225. The fourth-order valence-corrected chi connectivity index (χ4v) is 3.63. The van der Waals surface area contributed by atoms with Gasteiger partial charge in [-0.25, -0.2) is 0 Å². The van der Waals surface area contributed by atoms with Crippen LogP contribution in [0.25, 0.3) is 0 Å². The molecule has 136 valence electrons. The lowest BCUT2D eigenvalue weighted by molar-refractivity contribution is -0.116. The molecule has 0 unspecified atom stereocenters. The van der Waals surface area contributed by atoms with E-state index in [2.05, 4.69) is 10.6 Å². The first kappa shape index (κ1) is 18.7. The number of nitrogens with one attached hydrogen (secondary N) is 2. The second kappa shape index (κ2) is 9.05. The molecule has 2 amide bonds. The quantitative estimate of drug-likeness (QED) is 0.587. The average Bonchev–Trinajstić information content (AvgIpc) is 2.68. The Morgan fingerprint density at radius 1 is 0.741 bits per heavy atom. The van der Waals surface area contributed by atoms with Crippen LogP contribution in [0, 0.1) is 0 Å². The topological polar surface area (TPSA) is 58.2 Å². The summed E-state index contributed by atoms with van der Waals surface area (Å²) in [5.41, 5.74) is 2.32. The summed E-state index contributed by atoms with van der Waals surface area (Å²) in [6.45, 7) is 1.46. The van der Waals surface area contributed by atoms with E-state index in [1.54, 1.807) is 24.3 Å². The molecule has 3 rings (SSSR count). The summed E-state index contributed by atoms with van der Waals surface area (Å²) in [4.78, 5) is 25.1. The highest BCUT2D eigenvalue weighted by Crippen LogP contribution is 2.36. The van der Waals surface area contributed by atoms with Crippen molar-refractivity contribution in [2.24, 2.45) is 0 Å². The molecule has 0 bridgehead atoms. The summed E-state index contributed by atoms with van der Waals surface area (Å²) in [7, 11) is 0. The van der Waals surface area contributed by atoms with Crippen LogP contribution in [-0.2, 0) is 9.59 Å². The molecule has 0 saturated heterocycles. The Morgan fingerprint density at radius 2 is 1.26 bits per heavy atom. The van der Waals surface area contributed by atoms with Crippen molar-refractivity contribution in [2.45, 2.75) is 17.1 Å². The molecule has 0 aliphatic carbocycles. The molecule has 0 saturated carbocycles. The zero-order valence-electron chi connectivity index (χ0n) is 14.9. The number of anilines is 2. The molecule has 4 nitrogen and oxygen atoms in total. The maximum Gasteiger partial charge on any atom is 0.242 e. The van der Waals surface area contributed by atoms with E-state index in [4.69, 9.17) is 0 Å². The van der Waals surface area contributed by atoms with Crippen LogP contribution in [0.2, 0.25) is 0 Å². The average molecular weight is 376 g/mol. The van der Waals surface area contributed by atoms with E-state index in [0.29, 0.717) is 11.4 Å². The Balaban J connectivity index is 1.77. The van der Waals surface area contributed by atoms with Gasteiger partial charge in [-0.1, -0.05) is 48.5 Å². The minimum absolute atomic E-state index is 0.0951. The molecule has 0 spiro atoms. The molecule has 3 aromatic rings. The van der Waals surface area contributed by atoms with Crippen LogP contribution in [0.5, 0.6) is 0 Å². The third-order valence-electron chi connectivity index (χ3n) is 3.81. The van der Waals surface area contributed by atoms with E-state index in [9.17, 15) is 9.59 Å². The standard InChI is InChI=1S/C22H20N2O2S/c1-16(25)23-18-12-14-19(15-13-18)24-22(26)21(17-8-4-2-5-9-17)27-20-10-6-3-7-11-20/h2-15,21H,1H3,(H,23,25)(H,24,26)/t21-/m1/s1. The van der Waals surface area contributed by atoms with Crippen molar-refractivity contribution in [3.8, 4) is 0 Å². The van der Waals surface area contributed by atoms with Gasteiger partial charge in [0.15, 0.2) is 0 Å². The van der Waals surface area contributed by atoms with Gasteiger partial charge in [0, 0.05) is 23.2 Å². The van der Waals surface area contributed by atoms with Crippen molar-refractivity contribution >= 4 is 35.0 Å². The predicted octanol–water partition coefficient (Wildman–Crippen LogP) is 5.12. The molecule has 2 N–H and O–H groups in total. The number of thioether (sulfide) groups is 1. The van der Waals surface area contributed by atoms with Gasteiger partial charge >= 0.3 is 0 Å². The van der Waals surface area contributed by atoms with E-state index in [1.165, 1.54) is 18.7 Å². The van der Waals surface area contributed by atoms with E-state index in [1.807, 2.05) is 60.7 Å². The maximum absolute atomic E-state index is 13.0. The molecular formula is C22H20N2O2S. The van der Waals surface area contributed by atoms with Crippen LogP contribution >= 0.6 is 11.8 Å². The zero-order chi connectivity index (χ0) is 19.1. The fraction of sp³-hybridized carbons (Fsp3) is 0.0909. The second-order valence-corrected chi connectivity index (χ2v) is 7.15. The molecule has 27 heavy (non-hydrogen) atoms. The van der Waals surface area contributed by atoms with Crippen LogP contribution in [0.15, 0.2) is 89.8 Å². The Morgan fingerprint density at radius 3 is 1.81 bits per heavy atom. The van der Waals surface area contributed by atoms with Crippen molar-refractivity contribution in [3.05, 3.63) is 90.5 Å². The number of benzene rings is 3. The van der Waals surface area contributed by atoms with E-state index >= 15 is 0 Å². The lowest BCUT2D eigenvalue weighted by Crippen LogP contribution is -2.19. The number of amides is 2. The van der Waals surface area contributed by atoms with Gasteiger partial charge in [-0.05, 0) is 42.0 Å². The molecule has 0 radical (unpaired) electrons. The van der Waals surface area contributed by atoms with E-state index in [0.717, 1.165) is 10.5 Å². The van der Waals surface area contributed by atoms with Gasteiger partial charge in [0.05, 0.1) is 0 Å². The van der Waals surface area contributed by atoms with Crippen molar-refractivity contribution in [1.82, 2.24) is 0 Å². The highest BCUT2D eigenvalue weighted by Gasteiger charge is 2.22. The van der Waals surface area contributed by atoms with Crippen molar-refractivity contribution in [1.29, 1.82) is 0 Å². The molecular weight excluding hydrogens is 356 g/mol. The smallest absolute Gasteiger partial charge is 0.242 e. The number of rotatable bonds is 6. The first-order chi connectivity index (χ1) is 13.1. The van der Waals surface area contributed by atoms with Crippen molar-refractivity contribution < 1.29 is 9.59 Å². The highest BCUT2D eigenvalue weighted by atomic mass is 32.2. The van der Waals surface area contributed by atoms with Crippen molar-refractivity contribution in [2.75, 3.05) is 10.6 Å². The SMILES string of the molecule is CC(=O)Nc1ccc(NC(=O)[C@H](Sc2ccccc2)c2ccccc2)cc1. The Bertz CT molecular complexity index is 897. The van der Waals surface area contributed by atoms with Gasteiger partial charge in [-0.3, -0.25) is 9.59 Å². The van der Waals surface area contributed by atoms with Gasteiger partial charge in [0.2, 0.25) is 11.8 Å². The maximum atomic E-state index is 13.0. The van der Waals surface area contributed by atoms with Gasteiger partial charge < -0.3 is 10.6 Å². The number of hydrogen-bond acceptors (Lipinski definition) is 3. The Hall–Kier alpha value is -3.05. The van der Waals surface area contributed by atoms with Gasteiger partial charge in [-0.15, -0.1) is 11.8 Å². The fourth-order valence-electron chi connectivity index (χ4n) is 2.58. The van der Waals surface area contributed by atoms with Gasteiger partial charge in [0.1, 0.15) is 5.25 Å². The summed E-state index contributed by atoms with van der Waals surface area (Å²) in [6, 6.07) is 26.7. The van der Waals surface area contributed by atoms with Crippen LogP contribution in [0.1, 0.15) is 17.7 Å². The molecule has 3 aromatic carbocycles. The van der Waals surface area contributed by atoms with Crippen molar-refractivity contribution in [3.63, 3.8) is 0 Å². The summed E-state index contributed by atoms with van der Waals surface area (Å²) in [6.07, 6.45) is 0. The van der Waals surface area contributed by atoms with E-state index in [-0.39, 0.29) is 17.1 Å². The molecule has 0 fully saturated rings. The summed E-state index contributed by atoms with van der Waals surface area (Å²) >= 11 is 1.51. The normalized spacial score (nSPS) is 11.4. The summed E-state index contributed by atoms with van der Waals surface area (Å²) < 4.78 is 0. The number of hydrogen-bond donors (Lipinski definition) is 2. The second-order valence-electron chi connectivity index (χ2n) is 5.97. The Kier molecular flexibility index (Phi) is 6.28. The Labute approximate surface area is 163 Å². The predicted molar refractivity (Wildman–Crippen MR) is 111 cm³/mol. The molecule has 5 heteroatoms.